The van der Waals surface area contributed by atoms with E-state index in [4.69, 9.17) is 4.74 Å². The third-order valence-electron chi connectivity index (χ3n) is 2.34. The van der Waals surface area contributed by atoms with Gasteiger partial charge in [-0.15, -0.1) is 24.0 Å². The standard InChI is InChI=1S/C13H12O2S2/c1-9(10-5-3-2-4-6-10)15-13(14)12-7-11(16)8-17-12/h2-9,16H,1H3. The number of rotatable bonds is 3. The summed E-state index contributed by atoms with van der Waals surface area (Å²) in [5.41, 5.74) is 0.989. The van der Waals surface area contributed by atoms with Gasteiger partial charge >= 0.3 is 5.97 Å². The molecule has 0 aliphatic heterocycles. The van der Waals surface area contributed by atoms with E-state index in [0.29, 0.717) is 4.88 Å². The third kappa shape index (κ3) is 3.11. The molecular formula is C13H12O2S2. The lowest BCUT2D eigenvalue weighted by molar-refractivity contribution is 0.0343. The van der Waals surface area contributed by atoms with Crippen molar-refractivity contribution in [2.75, 3.05) is 0 Å². The first-order valence-corrected chi connectivity index (χ1v) is 6.53. The van der Waals surface area contributed by atoms with Crippen LogP contribution in [0.1, 0.15) is 28.3 Å². The van der Waals surface area contributed by atoms with E-state index in [2.05, 4.69) is 12.6 Å². The molecule has 1 unspecified atom stereocenters. The smallest absolute Gasteiger partial charge is 0.348 e. The fourth-order valence-electron chi connectivity index (χ4n) is 1.44. The van der Waals surface area contributed by atoms with Crippen molar-refractivity contribution in [3.05, 3.63) is 52.2 Å². The maximum absolute atomic E-state index is 11.8. The van der Waals surface area contributed by atoms with Gasteiger partial charge in [0.05, 0.1) is 0 Å². The summed E-state index contributed by atoms with van der Waals surface area (Å²) in [5.74, 6) is -0.299. The summed E-state index contributed by atoms with van der Waals surface area (Å²) in [5, 5.41) is 1.81. The summed E-state index contributed by atoms with van der Waals surface area (Å²) in [6.45, 7) is 1.86. The van der Waals surface area contributed by atoms with E-state index < -0.39 is 0 Å². The predicted molar refractivity (Wildman–Crippen MR) is 71.8 cm³/mol. The normalized spacial score (nSPS) is 12.1. The van der Waals surface area contributed by atoms with E-state index in [1.54, 1.807) is 6.07 Å². The number of carbonyl (C=O) groups is 1. The van der Waals surface area contributed by atoms with Crippen LogP contribution in [0.5, 0.6) is 0 Å². The Morgan fingerprint density at radius 2 is 2.06 bits per heavy atom. The quantitative estimate of drug-likeness (QED) is 0.671. The van der Waals surface area contributed by atoms with Crippen LogP contribution < -0.4 is 0 Å². The summed E-state index contributed by atoms with van der Waals surface area (Å²) in [4.78, 5) is 13.2. The summed E-state index contributed by atoms with van der Waals surface area (Å²) in [7, 11) is 0. The van der Waals surface area contributed by atoms with Gasteiger partial charge in [0, 0.05) is 10.3 Å². The second-order valence-electron chi connectivity index (χ2n) is 3.63. The maximum Gasteiger partial charge on any atom is 0.348 e. The molecule has 88 valence electrons. The van der Waals surface area contributed by atoms with Crippen molar-refractivity contribution >= 4 is 29.9 Å². The second kappa shape index (κ2) is 5.38. The minimum absolute atomic E-state index is 0.242. The van der Waals surface area contributed by atoms with Gasteiger partial charge < -0.3 is 4.74 Å². The molecule has 2 rings (SSSR count). The lowest BCUT2D eigenvalue weighted by Gasteiger charge is -2.12. The van der Waals surface area contributed by atoms with Gasteiger partial charge in [0.15, 0.2) is 0 Å². The highest BCUT2D eigenvalue weighted by molar-refractivity contribution is 7.80. The SMILES string of the molecule is CC(OC(=O)c1cc(S)cs1)c1ccccc1. The maximum atomic E-state index is 11.8. The first-order valence-electron chi connectivity index (χ1n) is 5.20. The molecule has 0 saturated carbocycles. The summed E-state index contributed by atoms with van der Waals surface area (Å²) in [6, 6.07) is 11.4. The average Bonchev–Trinajstić information content (AvgIpc) is 2.77. The lowest BCUT2D eigenvalue weighted by atomic mass is 10.1. The fourth-order valence-corrected chi connectivity index (χ4v) is 2.47. The van der Waals surface area contributed by atoms with Gasteiger partial charge in [-0.3, -0.25) is 0 Å². The van der Waals surface area contributed by atoms with Gasteiger partial charge in [0.25, 0.3) is 0 Å². The fraction of sp³-hybridized carbons (Fsp3) is 0.154. The van der Waals surface area contributed by atoms with Crippen LogP contribution in [0.4, 0.5) is 0 Å². The predicted octanol–water partition coefficient (Wildman–Crippen LogP) is 3.95. The summed E-state index contributed by atoms with van der Waals surface area (Å²) < 4.78 is 5.37. The number of esters is 1. The van der Waals surface area contributed by atoms with Crippen LogP contribution in [0, 0.1) is 0 Å². The van der Waals surface area contributed by atoms with Crippen molar-refractivity contribution in [3.63, 3.8) is 0 Å². The minimum atomic E-state index is -0.299. The molecule has 1 heterocycles. The molecule has 0 aliphatic carbocycles. The van der Waals surface area contributed by atoms with Crippen molar-refractivity contribution < 1.29 is 9.53 Å². The van der Waals surface area contributed by atoms with E-state index in [1.807, 2.05) is 42.6 Å². The van der Waals surface area contributed by atoms with Crippen molar-refractivity contribution in [3.8, 4) is 0 Å². The second-order valence-corrected chi connectivity index (χ2v) is 5.06. The van der Waals surface area contributed by atoms with Crippen LogP contribution in [0.2, 0.25) is 0 Å². The Balaban J connectivity index is 2.04. The Morgan fingerprint density at radius 1 is 1.35 bits per heavy atom. The number of ether oxygens (including phenoxy) is 1. The summed E-state index contributed by atoms with van der Waals surface area (Å²) >= 11 is 5.51. The van der Waals surface area contributed by atoms with E-state index in [0.717, 1.165) is 10.5 Å². The Hall–Kier alpha value is -1.26. The zero-order chi connectivity index (χ0) is 12.3. The highest BCUT2D eigenvalue weighted by atomic mass is 32.1. The molecule has 0 radical (unpaired) electrons. The number of thiol groups is 1. The van der Waals surface area contributed by atoms with Crippen LogP contribution in [0.15, 0.2) is 46.7 Å². The van der Waals surface area contributed by atoms with E-state index in [1.165, 1.54) is 11.3 Å². The molecular weight excluding hydrogens is 252 g/mol. The molecule has 2 nitrogen and oxygen atoms in total. The molecule has 1 aromatic heterocycles. The van der Waals surface area contributed by atoms with E-state index in [9.17, 15) is 4.79 Å². The Bertz CT molecular complexity index is 505. The lowest BCUT2D eigenvalue weighted by Crippen LogP contribution is -2.07. The number of carbonyl (C=O) groups excluding carboxylic acids is 1. The number of hydrogen-bond acceptors (Lipinski definition) is 4. The van der Waals surface area contributed by atoms with E-state index >= 15 is 0 Å². The molecule has 2 aromatic rings. The third-order valence-corrected chi connectivity index (χ3v) is 3.68. The van der Waals surface area contributed by atoms with Gasteiger partial charge in [0.2, 0.25) is 0 Å². The summed E-state index contributed by atoms with van der Waals surface area (Å²) in [6.07, 6.45) is -0.242. The Labute approximate surface area is 110 Å². The molecule has 0 bridgehead atoms. The average molecular weight is 264 g/mol. The first kappa shape index (κ1) is 12.2. The van der Waals surface area contributed by atoms with Gasteiger partial charge in [0.1, 0.15) is 11.0 Å². The first-order chi connectivity index (χ1) is 8.16. The van der Waals surface area contributed by atoms with Crippen LogP contribution in [-0.4, -0.2) is 5.97 Å². The molecule has 1 aromatic carbocycles. The topological polar surface area (TPSA) is 26.3 Å². The van der Waals surface area contributed by atoms with Crippen molar-refractivity contribution in [2.45, 2.75) is 17.9 Å². The highest BCUT2D eigenvalue weighted by Crippen LogP contribution is 2.22. The van der Waals surface area contributed by atoms with Gasteiger partial charge in [-0.1, -0.05) is 30.3 Å². The van der Waals surface area contributed by atoms with Gasteiger partial charge in [-0.2, -0.15) is 0 Å². The Kier molecular flexibility index (Phi) is 3.86. The van der Waals surface area contributed by atoms with Crippen LogP contribution >= 0.6 is 24.0 Å². The number of benzene rings is 1. The molecule has 0 aliphatic rings. The minimum Gasteiger partial charge on any atom is -0.454 e. The largest absolute Gasteiger partial charge is 0.454 e. The van der Waals surface area contributed by atoms with Crippen molar-refractivity contribution in [1.82, 2.24) is 0 Å². The molecule has 1 atom stereocenters. The number of hydrogen-bond donors (Lipinski definition) is 1. The highest BCUT2D eigenvalue weighted by Gasteiger charge is 2.14. The molecule has 0 amide bonds. The van der Waals surface area contributed by atoms with Crippen LogP contribution in [0.25, 0.3) is 0 Å². The molecule has 0 N–H and O–H groups in total. The van der Waals surface area contributed by atoms with E-state index in [-0.39, 0.29) is 12.1 Å². The van der Waals surface area contributed by atoms with Gasteiger partial charge in [-0.25, -0.2) is 4.79 Å². The monoisotopic (exact) mass is 264 g/mol. The number of thiophene rings is 1. The van der Waals surface area contributed by atoms with Gasteiger partial charge in [-0.05, 0) is 18.6 Å². The zero-order valence-electron chi connectivity index (χ0n) is 9.29. The van der Waals surface area contributed by atoms with Crippen LogP contribution in [0.3, 0.4) is 0 Å². The van der Waals surface area contributed by atoms with Crippen LogP contribution in [-0.2, 0) is 4.74 Å². The Morgan fingerprint density at radius 3 is 2.65 bits per heavy atom. The van der Waals surface area contributed by atoms with Crippen molar-refractivity contribution in [1.29, 1.82) is 0 Å². The van der Waals surface area contributed by atoms with Crippen molar-refractivity contribution in [2.24, 2.45) is 0 Å². The molecule has 4 heteroatoms. The zero-order valence-corrected chi connectivity index (χ0v) is 11.0. The molecule has 0 spiro atoms. The molecule has 0 fully saturated rings. The molecule has 17 heavy (non-hydrogen) atoms. The molecule has 0 saturated heterocycles.